The van der Waals surface area contributed by atoms with Gasteiger partial charge in [0.15, 0.2) is 18.3 Å². The largest absolute Gasteiger partial charge is 0.394 e. The highest BCUT2D eigenvalue weighted by Gasteiger charge is 2.50. The van der Waals surface area contributed by atoms with Crippen LogP contribution in [0.25, 0.3) is 0 Å². The Hall–Kier alpha value is -1.71. The smallest absolute Gasteiger partial charge is 0.187 e. The molecule has 1 aromatic rings. The molecule has 0 unspecified atom stereocenters. The lowest BCUT2D eigenvalue weighted by Crippen LogP contribution is -2.65. The van der Waals surface area contributed by atoms with Crippen molar-refractivity contribution in [1.82, 2.24) is 0 Å². The molecule has 12 nitrogen and oxygen atoms in total. The summed E-state index contributed by atoms with van der Waals surface area (Å²) in [6, 6.07) is 6.32. The van der Waals surface area contributed by atoms with Gasteiger partial charge in [-0.05, 0) is 31.2 Å². The van der Waals surface area contributed by atoms with Crippen molar-refractivity contribution >= 4 is 11.5 Å². The fraction of sp³-hybridized carbons (Fsp3) is 0.650. The van der Waals surface area contributed by atoms with Crippen LogP contribution in [0.4, 0.5) is 5.69 Å². The van der Waals surface area contributed by atoms with E-state index in [1.807, 2.05) is 0 Å². The molecule has 2 saturated heterocycles. The second kappa shape index (κ2) is 10.5. The van der Waals surface area contributed by atoms with Gasteiger partial charge < -0.3 is 55.3 Å². The van der Waals surface area contributed by atoms with Crippen LogP contribution in [0.15, 0.2) is 24.3 Å². The number of Topliss-reactive ketones (excluding diaryl/α,β-unsaturated/α-hetero) is 1. The van der Waals surface area contributed by atoms with Gasteiger partial charge >= 0.3 is 0 Å². The summed E-state index contributed by atoms with van der Waals surface area (Å²) in [5, 5.41) is 72.9. The predicted octanol–water partition coefficient (Wildman–Crippen LogP) is -3.07. The molecule has 0 amide bonds. The number of hydrogen-bond donors (Lipinski definition) is 8. The highest BCUT2D eigenvalue weighted by Crippen LogP contribution is 2.29. The number of hydrogen-bond acceptors (Lipinski definition) is 12. The third kappa shape index (κ3) is 5.10. The fourth-order valence-electron chi connectivity index (χ4n) is 3.67. The van der Waals surface area contributed by atoms with Gasteiger partial charge in [-0.1, -0.05) is 0 Å². The molecular weight excluding hydrogens is 430 g/mol. The molecule has 12 heteroatoms. The van der Waals surface area contributed by atoms with E-state index in [0.717, 1.165) is 0 Å². The highest BCUT2D eigenvalue weighted by molar-refractivity contribution is 5.94. The van der Waals surface area contributed by atoms with Crippen molar-refractivity contribution in [2.45, 2.75) is 68.3 Å². The number of carbonyl (C=O) groups is 1. The normalized spacial score (nSPS) is 40.1. The monoisotopic (exact) mass is 459 g/mol. The van der Waals surface area contributed by atoms with E-state index < -0.39 is 74.6 Å². The summed E-state index contributed by atoms with van der Waals surface area (Å²) < 4.78 is 16.4. The summed E-state index contributed by atoms with van der Waals surface area (Å²) in [5.41, 5.74) is 0.971. The Bertz CT molecular complexity index is 758. The minimum atomic E-state index is -1.73. The van der Waals surface area contributed by atoms with Crippen LogP contribution in [0, 0.1) is 0 Å². The van der Waals surface area contributed by atoms with Gasteiger partial charge in [0.25, 0.3) is 0 Å². The van der Waals surface area contributed by atoms with Crippen LogP contribution in [-0.2, 0) is 14.2 Å². The summed E-state index contributed by atoms with van der Waals surface area (Å²) in [4.78, 5) is 11.4. The molecule has 0 saturated carbocycles. The number of ether oxygens (including phenoxy) is 3. The molecule has 180 valence electrons. The van der Waals surface area contributed by atoms with Gasteiger partial charge in [0.1, 0.15) is 48.8 Å². The Morgan fingerprint density at radius 1 is 0.875 bits per heavy atom. The molecule has 8 N–H and O–H groups in total. The van der Waals surface area contributed by atoms with E-state index in [-0.39, 0.29) is 5.78 Å². The molecule has 2 heterocycles. The van der Waals surface area contributed by atoms with Crippen LogP contribution in [-0.4, -0.2) is 116 Å². The van der Waals surface area contributed by atoms with E-state index in [0.29, 0.717) is 11.3 Å². The van der Waals surface area contributed by atoms with Gasteiger partial charge in [-0.15, -0.1) is 0 Å². The summed E-state index contributed by atoms with van der Waals surface area (Å²) >= 11 is 0. The first-order valence-corrected chi connectivity index (χ1v) is 10.1. The van der Waals surface area contributed by atoms with Crippen molar-refractivity contribution in [1.29, 1.82) is 0 Å². The minimum Gasteiger partial charge on any atom is -0.394 e. The average molecular weight is 459 g/mol. The number of aliphatic hydroxyl groups excluding tert-OH is 7. The van der Waals surface area contributed by atoms with Crippen LogP contribution in [0.5, 0.6) is 0 Å². The number of anilines is 1. The predicted molar refractivity (Wildman–Crippen MR) is 106 cm³/mol. The molecule has 2 fully saturated rings. The zero-order valence-electron chi connectivity index (χ0n) is 17.3. The van der Waals surface area contributed by atoms with Crippen molar-refractivity contribution in [3.63, 3.8) is 0 Å². The molecule has 2 aliphatic rings. The first-order chi connectivity index (χ1) is 15.2. The SMILES string of the molecule is CC(=O)c1ccc(N[C@H]2O[C@H](CO)[C@@H](O[C@H]3O[C@@H](CO)[C@H](O)[C@@H](O)[C@@H]3O)[C@H](O)[C@H]2O)cc1. The Morgan fingerprint density at radius 3 is 2.06 bits per heavy atom. The maximum absolute atomic E-state index is 11.4. The lowest BCUT2D eigenvalue weighted by Gasteiger charge is -2.46. The molecule has 10 atom stereocenters. The topological polar surface area (TPSA) is 198 Å². The molecular formula is C20H29NO11. The zero-order valence-corrected chi connectivity index (χ0v) is 17.3. The summed E-state index contributed by atoms with van der Waals surface area (Å²) in [6.45, 7) is 0.122. The molecule has 1 aromatic carbocycles. The van der Waals surface area contributed by atoms with Crippen LogP contribution >= 0.6 is 0 Å². The van der Waals surface area contributed by atoms with Crippen LogP contribution in [0.1, 0.15) is 17.3 Å². The second-order valence-electron chi connectivity index (χ2n) is 7.83. The number of nitrogens with one attached hydrogen (secondary N) is 1. The van der Waals surface area contributed by atoms with E-state index in [1.54, 1.807) is 24.3 Å². The van der Waals surface area contributed by atoms with Crippen molar-refractivity contribution in [3.8, 4) is 0 Å². The Balaban J connectivity index is 1.70. The van der Waals surface area contributed by atoms with Gasteiger partial charge in [-0.25, -0.2) is 0 Å². The highest BCUT2D eigenvalue weighted by atomic mass is 16.7. The lowest BCUT2D eigenvalue weighted by atomic mass is 9.96. The fourth-order valence-corrected chi connectivity index (χ4v) is 3.67. The van der Waals surface area contributed by atoms with E-state index in [1.165, 1.54) is 6.92 Å². The maximum atomic E-state index is 11.4. The quantitative estimate of drug-likeness (QED) is 0.192. The molecule has 0 aromatic heterocycles. The van der Waals surface area contributed by atoms with Crippen LogP contribution < -0.4 is 5.32 Å². The first-order valence-electron chi connectivity index (χ1n) is 10.1. The Kier molecular flexibility index (Phi) is 8.16. The first kappa shape index (κ1) is 24.9. The molecule has 2 aliphatic heterocycles. The Morgan fingerprint density at radius 2 is 1.50 bits per heavy atom. The summed E-state index contributed by atoms with van der Waals surface area (Å²) in [7, 11) is 0. The third-order valence-electron chi connectivity index (χ3n) is 5.60. The van der Waals surface area contributed by atoms with Crippen LogP contribution in [0.2, 0.25) is 0 Å². The summed E-state index contributed by atoms with van der Waals surface area (Å²) in [6.07, 6.45) is -14.7. The van der Waals surface area contributed by atoms with Crippen LogP contribution in [0.3, 0.4) is 0 Å². The van der Waals surface area contributed by atoms with Crippen molar-refractivity contribution in [2.75, 3.05) is 18.5 Å². The number of rotatable bonds is 7. The molecule has 3 rings (SSSR count). The number of ketones is 1. The van der Waals surface area contributed by atoms with E-state index in [4.69, 9.17) is 14.2 Å². The minimum absolute atomic E-state index is 0.116. The number of aliphatic hydroxyl groups is 7. The standard InChI is InChI=1S/C20H29NO11/c1-8(24)9-2-4-10(5-3-9)21-19-16(28)15(27)18(12(7-23)30-19)32-20-17(29)14(26)13(25)11(6-22)31-20/h2-5,11-23,25-29H,6-7H2,1H3/t11-,12+,13-,14+,15+,16+,17-,18+,19-,20+/m0/s1. The molecule has 32 heavy (non-hydrogen) atoms. The third-order valence-corrected chi connectivity index (χ3v) is 5.60. The molecule has 0 aliphatic carbocycles. The molecule has 0 bridgehead atoms. The van der Waals surface area contributed by atoms with Gasteiger partial charge in [0.2, 0.25) is 0 Å². The maximum Gasteiger partial charge on any atom is 0.187 e. The van der Waals surface area contributed by atoms with Gasteiger partial charge in [0.05, 0.1) is 13.2 Å². The van der Waals surface area contributed by atoms with Crippen molar-refractivity contribution in [3.05, 3.63) is 29.8 Å². The lowest BCUT2D eigenvalue weighted by molar-refractivity contribution is -0.340. The van der Waals surface area contributed by atoms with Gasteiger partial charge in [-0.3, -0.25) is 4.79 Å². The zero-order chi connectivity index (χ0) is 23.6. The second-order valence-corrected chi connectivity index (χ2v) is 7.83. The van der Waals surface area contributed by atoms with Gasteiger partial charge in [-0.2, -0.15) is 0 Å². The van der Waals surface area contributed by atoms with E-state index in [2.05, 4.69) is 5.32 Å². The molecule has 0 radical (unpaired) electrons. The number of carbonyl (C=O) groups excluding carboxylic acids is 1. The van der Waals surface area contributed by atoms with Gasteiger partial charge in [0, 0.05) is 11.3 Å². The Labute approximate surface area is 183 Å². The number of benzene rings is 1. The summed E-state index contributed by atoms with van der Waals surface area (Å²) in [5.74, 6) is -0.116. The van der Waals surface area contributed by atoms with Crippen molar-refractivity contribution in [2.24, 2.45) is 0 Å². The average Bonchev–Trinajstić information content (AvgIpc) is 2.79. The van der Waals surface area contributed by atoms with Crippen molar-refractivity contribution < 1.29 is 54.8 Å². The van der Waals surface area contributed by atoms with E-state index >= 15 is 0 Å². The molecule has 0 spiro atoms. The van der Waals surface area contributed by atoms with E-state index in [9.17, 15) is 40.5 Å².